The fraction of sp³-hybridized carbons (Fsp3) is 0.235. The van der Waals surface area contributed by atoms with Crippen LogP contribution in [-0.4, -0.2) is 15.5 Å². The van der Waals surface area contributed by atoms with E-state index >= 15 is 0 Å². The van der Waals surface area contributed by atoms with Crippen LogP contribution in [0.25, 0.3) is 10.2 Å². The zero-order valence-corrected chi connectivity index (χ0v) is 16.3. The summed E-state index contributed by atoms with van der Waals surface area (Å²) in [6.45, 7) is 4.23. The van der Waals surface area contributed by atoms with E-state index in [9.17, 15) is 9.59 Å². The lowest BCUT2D eigenvalue weighted by Gasteiger charge is -2.07. The Morgan fingerprint density at radius 1 is 1.38 bits per heavy atom. The van der Waals surface area contributed by atoms with Crippen LogP contribution in [0.2, 0.25) is 0 Å². The molecule has 0 spiro atoms. The van der Waals surface area contributed by atoms with Crippen molar-refractivity contribution in [1.82, 2.24) is 9.55 Å². The zero-order chi connectivity index (χ0) is 17.3. The number of thiophene rings is 1. The smallest absolute Gasteiger partial charge is 0.262 e. The molecular formula is C17H16IN3O2S. The molecule has 0 radical (unpaired) electrons. The average Bonchev–Trinajstić information content (AvgIpc) is 2.82. The van der Waals surface area contributed by atoms with Crippen molar-refractivity contribution in [3.05, 3.63) is 55.0 Å². The normalized spacial score (nSPS) is 11.0. The Hall–Kier alpha value is -1.74. The number of halogens is 1. The number of amides is 1. The van der Waals surface area contributed by atoms with Crippen LogP contribution >= 0.6 is 33.9 Å². The highest BCUT2D eigenvalue weighted by molar-refractivity contribution is 14.1. The fourth-order valence-electron chi connectivity index (χ4n) is 2.44. The monoisotopic (exact) mass is 453 g/mol. The number of carbonyl (C=O) groups is 1. The minimum Gasteiger partial charge on any atom is -0.326 e. The Balaban J connectivity index is 1.74. The van der Waals surface area contributed by atoms with Crippen molar-refractivity contribution >= 4 is 55.7 Å². The van der Waals surface area contributed by atoms with E-state index in [1.165, 1.54) is 22.2 Å². The van der Waals surface area contributed by atoms with Crippen LogP contribution in [-0.2, 0) is 11.3 Å². The van der Waals surface area contributed by atoms with Crippen LogP contribution < -0.4 is 10.9 Å². The molecule has 0 atom stereocenters. The molecule has 0 saturated carbocycles. The minimum absolute atomic E-state index is 0.0797. The van der Waals surface area contributed by atoms with Gasteiger partial charge in [0.15, 0.2) is 0 Å². The molecule has 3 aromatic rings. The number of aromatic nitrogens is 2. The highest BCUT2D eigenvalue weighted by Crippen LogP contribution is 2.25. The van der Waals surface area contributed by atoms with Crippen LogP contribution in [0.4, 0.5) is 5.69 Å². The number of fused-ring (bicyclic) bond motifs is 1. The molecule has 0 unspecified atom stereocenters. The molecule has 2 aromatic heterocycles. The lowest BCUT2D eigenvalue weighted by Crippen LogP contribution is -2.23. The first-order chi connectivity index (χ1) is 11.5. The van der Waals surface area contributed by atoms with Crippen LogP contribution in [0.3, 0.4) is 0 Å². The number of carbonyl (C=O) groups excluding carboxylic acids is 1. The molecule has 0 aliphatic carbocycles. The number of nitrogens with one attached hydrogen (secondary N) is 1. The van der Waals surface area contributed by atoms with Crippen molar-refractivity contribution in [3.63, 3.8) is 0 Å². The van der Waals surface area contributed by atoms with Crippen molar-refractivity contribution in [2.24, 2.45) is 0 Å². The third-order valence-electron chi connectivity index (χ3n) is 3.84. The van der Waals surface area contributed by atoms with Gasteiger partial charge in [0.05, 0.1) is 11.7 Å². The first-order valence-corrected chi connectivity index (χ1v) is 9.36. The van der Waals surface area contributed by atoms with Gasteiger partial charge in [-0.25, -0.2) is 4.98 Å². The Morgan fingerprint density at radius 2 is 2.17 bits per heavy atom. The molecule has 0 aliphatic heterocycles. The second-order valence-electron chi connectivity index (χ2n) is 5.52. The number of anilines is 1. The second-order valence-corrected chi connectivity index (χ2v) is 7.96. The Bertz CT molecular complexity index is 978. The van der Waals surface area contributed by atoms with E-state index in [0.29, 0.717) is 11.9 Å². The number of hydrogen-bond acceptors (Lipinski definition) is 4. The summed E-state index contributed by atoms with van der Waals surface area (Å²) in [4.78, 5) is 30.9. The summed E-state index contributed by atoms with van der Waals surface area (Å²) in [5.41, 5.74) is 1.66. The van der Waals surface area contributed by atoms with E-state index < -0.39 is 0 Å². The fourth-order valence-corrected chi connectivity index (χ4v) is 3.97. The molecule has 5 nitrogen and oxygen atoms in total. The van der Waals surface area contributed by atoms with Gasteiger partial charge in [-0.3, -0.25) is 14.2 Å². The summed E-state index contributed by atoms with van der Waals surface area (Å²) < 4.78 is 2.56. The van der Waals surface area contributed by atoms with Gasteiger partial charge in [-0.2, -0.15) is 0 Å². The number of rotatable bonds is 4. The maximum Gasteiger partial charge on any atom is 0.262 e. The van der Waals surface area contributed by atoms with Crippen LogP contribution in [0.15, 0.2) is 35.4 Å². The number of benzene rings is 1. The van der Waals surface area contributed by atoms with Gasteiger partial charge in [0.1, 0.15) is 4.83 Å². The highest BCUT2D eigenvalue weighted by atomic mass is 127. The molecule has 0 bridgehead atoms. The van der Waals surface area contributed by atoms with E-state index in [2.05, 4.69) is 32.9 Å². The first-order valence-electron chi connectivity index (χ1n) is 7.46. The number of aryl methyl sites for hydroxylation is 3. The molecule has 3 rings (SSSR count). The van der Waals surface area contributed by atoms with Gasteiger partial charge in [-0.1, -0.05) is 6.07 Å². The predicted octanol–water partition coefficient (Wildman–Crippen LogP) is 3.71. The lowest BCUT2D eigenvalue weighted by molar-refractivity contribution is -0.116. The summed E-state index contributed by atoms with van der Waals surface area (Å²) in [6, 6.07) is 7.59. The third-order valence-corrected chi connectivity index (χ3v) is 5.63. The predicted molar refractivity (Wildman–Crippen MR) is 106 cm³/mol. The molecule has 1 amide bonds. The summed E-state index contributed by atoms with van der Waals surface area (Å²) in [6.07, 6.45) is 1.75. The standard InChI is InChI=1S/C17H16IN3O2S/c1-10-11(2)24-16-15(10)17(23)21(9-19-16)7-6-14(22)20-13-5-3-4-12(18)8-13/h3-5,8-9H,6-7H2,1-2H3,(H,20,22). The van der Waals surface area contributed by atoms with Crippen molar-refractivity contribution < 1.29 is 4.79 Å². The maximum atomic E-state index is 12.6. The quantitative estimate of drug-likeness (QED) is 0.613. The van der Waals surface area contributed by atoms with Crippen molar-refractivity contribution in [2.45, 2.75) is 26.8 Å². The van der Waals surface area contributed by atoms with Gasteiger partial charge in [0.25, 0.3) is 5.56 Å². The molecular weight excluding hydrogens is 437 g/mol. The number of hydrogen-bond donors (Lipinski definition) is 1. The molecule has 124 valence electrons. The van der Waals surface area contributed by atoms with Gasteiger partial charge in [0.2, 0.25) is 5.91 Å². The molecule has 0 aliphatic rings. The van der Waals surface area contributed by atoms with E-state index in [1.54, 1.807) is 0 Å². The Labute approximate surface area is 156 Å². The number of nitrogens with zero attached hydrogens (tertiary/aromatic N) is 2. The highest BCUT2D eigenvalue weighted by Gasteiger charge is 2.12. The van der Waals surface area contributed by atoms with Crippen molar-refractivity contribution in [3.8, 4) is 0 Å². The van der Waals surface area contributed by atoms with Crippen LogP contribution in [0.5, 0.6) is 0 Å². The summed E-state index contributed by atoms with van der Waals surface area (Å²) in [5, 5.41) is 3.51. The van der Waals surface area contributed by atoms with Crippen LogP contribution in [0, 0.1) is 17.4 Å². The SMILES string of the molecule is Cc1sc2ncn(CCC(=O)Nc3cccc(I)c3)c(=O)c2c1C. The molecule has 2 heterocycles. The van der Waals surface area contributed by atoms with Gasteiger partial charge < -0.3 is 5.32 Å². The summed E-state index contributed by atoms with van der Waals surface area (Å²) >= 11 is 3.72. The molecule has 7 heteroatoms. The third kappa shape index (κ3) is 3.51. The van der Waals surface area contributed by atoms with E-state index in [-0.39, 0.29) is 17.9 Å². The summed E-state index contributed by atoms with van der Waals surface area (Å²) in [7, 11) is 0. The average molecular weight is 453 g/mol. The zero-order valence-electron chi connectivity index (χ0n) is 13.3. The van der Waals surface area contributed by atoms with E-state index in [0.717, 1.165) is 24.5 Å². The van der Waals surface area contributed by atoms with Crippen molar-refractivity contribution in [1.29, 1.82) is 0 Å². The minimum atomic E-state index is -0.123. The Morgan fingerprint density at radius 3 is 2.92 bits per heavy atom. The first kappa shape index (κ1) is 17.1. The van der Waals surface area contributed by atoms with Gasteiger partial charge in [0, 0.05) is 27.1 Å². The van der Waals surface area contributed by atoms with E-state index in [4.69, 9.17) is 0 Å². The molecule has 0 saturated heterocycles. The molecule has 24 heavy (non-hydrogen) atoms. The van der Waals surface area contributed by atoms with Gasteiger partial charge >= 0.3 is 0 Å². The Kier molecular flexibility index (Phi) is 5.00. The summed E-state index contributed by atoms with van der Waals surface area (Å²) in [5.74, 6) is -0.123. The van der Waals surface area contributed by atoms with Gasteiger partial charge in [-0.05, 0) is 60.2 Å². The van der Waals surface area contributed by atoms with E-state index in [1.807, 2.05) is 38.1 Å². The maximum absolute atomic E-state index is 12.6. The van der Waals surface area contributed by atoms with Crippen molar-refractivity contribution in [2.75, 3.05) is 5.32 Å². The second kappa shape index (κ2) is 7.02. The molecule has 0 fully saturated rings. The largest absolute Gasteiger partial charge is 0.326 e. The van der Waals surface area contributed by atoms with Gasteiger partial charge in [-0.15, -0.1) is 11.3 Å². The molecule has 1 aromatic carbocycles. The molecule has 1 N–H and O–H groups in total. The topological polar surface area (TPSA) is 64.0 Å². The van der Waals surface area contributed by atoms with Crippen LogP contribution in [0.1, 0.15) is 16.9 Å². The lowest BCUT2D eigenvalue weighted by atomic mass is 10.2.